The molecule has 0 aromatic heterocycles. The van der Waals surface area contributed by atoms with Crippen molar-refractivity contribution >= 4 is 5.91 Å². The van der Waals surface area contributed by atoms with E-state index >= 15 is 0 Å². The predicted molar refractivity (Wildman–Crippen MR) is 42.3 cm³/mol. The van der Waals surface area contributed by atoms with E-state index < -0.39 is 0 Å². The Kier molecular flexibility index (Phi) is 3.36. The topological polar surface area (TPSA) is 29.5 Å². The van der Waals surface area contributed by atoms with Crippen molar-refractivity contribution in [3.05, 3.63) is 0 Å². The quantitative estimate of drug-likeness (QED) is 0.602. The van der Waals surface area contributed by atoms with Crippen molar-refractivity contribution in [2.75, 3.05) is 26.3 Å². The molecule has 3 nitrogen and oxygen atoms in total. The maximum atomic E-state index is 11.2. The Hall–Kier alpha value is -0.570. The second-order valence-electron chi connectivity index (χ2n) is 2.73. The van der Waals surface area contributed by atoms with Crippen LogP contribution in [-0.2, 0) is 9.53 Å². The van der Waals surface area contributed by atoms with Gasteiger partial charge in [0.2, 0.25) is 5.91 Å². The summed E-state index contributed by atoms with van der Waals surface area (Å²) in [5.41, 5.74) is 0. The first-order valence-corrected chi connectivity index (χ1v) is 4.20. The van der Waals surface area contributed by atoms with Gasteiger partial charge in [-0.05, 0) is 19.8 Å². The molecule has 0 aromatic rings. The molecular formula is C8H15NO2. The fourth-order valence-electron chi connectivity index (χ4n) is 1.25. The van der Waals surface area contributed by atoms with Gasteiger partial charge in [-0.15, -0.1) is 0 Å². The van der Waals surface area contributed by atoms with Crippen LogP contribution in [0.15, 0.2) is 0 Å². The number of carbonyl (C=O) groups excluding carboxylic acids is 1. The molecule has 0 atom stereocenters. The number of amides is 1. The SMILES string of the molecule is CCOCC(=O)N1CCCC1. The molecule has 0 saturated carbocycles. The Balaban J connectivity index is 2.17. The number of hydrogen-bond acceptors (Lipinski definition) is 2. The molecule has 3 heteroatoms. The molecule has 0 unspecified atom stereocenters. The van der Waals surface area contributed by atoms with E-state index in [-0.39, 0.29) is 12.5 Å². The summed E-state index contributed by atoms with van der Waals surface area (Å²) in [6.45, 7) is 4.63. The van der Waals surface area contributed by atoms with Crippen LogP contribution in [0.4, 0.5) is 0 Å². The molecule has 1 aliphatic heterocycles. The predicted octanol–water partition coefficient (Wildman–Crippen LogP) is 0.645. The minimum atomic E-state index is 0.143. The first-order chi connectivity index (χ1) is 5.34. The first kappa shape index (κ1) is 8.53. The van der Waals surface area contributed by atoms with Crippen LogP contribution in [0, 0.1) is 0 Å². The van der Waals surface area contributed by atoms with Crippen molar-refractivity contribution < 1.29 is 9.53 Å². The summed E-state index contributed by atoms with van der Waals surface area (Å²) in [5.74, 6) is 0.143. The second-order valence-corrected chi connectivity index (χ2v) is 2.73. The zero-order valence-corrected chi connectivity index (χ0v) is 7.01. The van der Waals surface area contributed by atoms with Gasteiger partial charge >= 0.3 is 0 Å². The lowest BCUT2D eigenvalue weighted by Gasteiger charge is -2.14. The Morgan fingerprint density at radius 1 is 1.45 bits per heavy atom. The molecule has 0 bridgehead atoms. The third kappa shape index (κ3) is 2.50. The fourth-order valence-corrected chi connectivity index (χ4v) is 1.25. The van der Waals surface area contributed by atoms with Gasteiger partial charge < -0.3 is 9.64 Å². The lowest BCUT2D eigenvalue weighted by molar-refractivity contribution is -0.134. The van der Waals surface area contributed by atoms with Crippen molar-refractivity contribution in [2.24, 2.45) is 0 Å². The molecule has 1 heterocycles. The van der Waals surface area contributed by atoms with E-state index in [0.717, 1.165) is 25.9 Å². The molecule has 0 aliphatic carbocycles. The molecule has 1 amide bonds. The largest absolute Gasteiger partial charge is 0.372 e. The number of hydrogen-bond donors (Lipinski definition) is 0. The lowest BCUT2D eigenvalue weighted by atomic mass is 10.4. The highest BCUT2D eigenvalue weighted by Gasteiger charge is 2.16. The number of carbonyl (C=O) groups is 1. The van der Waals surface area contributed by atoms with Gasteiger partial charge in [0.05, 0.1) is 0 Å². The second kappa shape index (κ2) is 4.34. The van der Waals surface area contributed by atoms with Crippen molar-refractivity contribution in [2.45, 2.75) is 19.8 Å². The molecule has 0 N–H and O–H groups in total. The summed E-state index contributed by atoms with van der Waals surface area (Å²) in [7, 11) is 0. The maximum Gasteiger partial charge on any atom is 0.248 e. The third-order valence-corrected chi connectivity index (χ3v) is 1.89. The van der Waals surface area contributed by atoms with Gasteiger partial charge in [-0.3, -0.25) is 4.79 Å². The van der Waals surface area contributed by atoms with Gasteiger partial charge in [-0.2, -0.15) is 0 Å². The van der Waals surface area contributed by atoms with Crippen LogP contribution < -0.4 is 0 Å². The minimum absolute atomic E-state index is 0.143. The van der Waals surface area contributed by atoms with Crippen molar-refractivity contribution in [3.8, 4) is 0 Å². The molecule has 1 saturated heterocycles. The highest BCUT2D eigenvalue weighted by atomic mass is 16.5. The Labute approximate surface area is 67.3 Å². The van der Waals surface area contributed by atoms with E-state index in [0.29, 0.717) is 6.61 Å². The summed E-state index contributed by atoms with van der Waals surface area (Å²) in [6.07, 6.45) is 2.30. The molecule has 0 radical (unpaired) electrons. The maximum absolute atomic E-state index is 11.2. The number of likely N-dealkylation sites (tertiary alicyclic amines) is 1. The smallest absolute Gasteiger partial charge is 0.248 e. The van der Waals surface area contributed by atoms with Gasteiger partial charge in [-0.25, -0.2) is 0 Å². The Morgan fingerprint density at radius 2 is 2.09 bits per heavy atom. The molecular weight excluding hydrogens is 142 g/mol. The van der Waals surface area contributed by atoms with Crippen LogP contribution in [0.3, 0.4) is 0 Å². The summed E-state index contributed by atoms with van der Waals surface area (Å²) in [4.78, 5) is 13.1. The van der Waals surface area contributed by atoms with Crippen LogP contribution in [0.5, 0.6) is 0 Å². The number of nitrogens with zero attached hydrogens (tertiary/aromatic N) is 1. The van der Waals surface area contributed by atoms with Crippen molar-refractivity contribution in [1.82, 2.24) is 4.90 Å². The molecule has 1 rings (SSSR count). The summed E-state index contributed by atoms with van der Waals surface area (Å²) >= 11 is 0. The Morgan fingerprint density at radius 3 is 2.64 bits per heavy atom. The van der Waals surface area contributed by atoms with Crippen molar-refractivity contribution in [3.63, 3.8) is 0 Å². The summed E-state index contributed by atoms with van der Waals surface area (Å²) in [6, 6.07) is 0. The van der Waals surface area contributed by atoms with Crippen LogP contribution >= 0.6 is 0 Å². The molecule has 0 spiro atoms. The molecule has 1 fully saturated rings. The van der Waals surface area contributed by atoms with E-state index in [2.05, 4.69) is 0 Å². The zero-order valence-electron chi connectivity index (χ0n) is 7.01. The van der Waals surface area contributed by atoms with Crippen LogP contribution in [0.25, 0.3) is 0 Å². The molecule has 0 aromatic carbocycles. The number of rotatable bonds is 3. The highest BCUT2D eigenvalue weighted by molar-refractivity contribution is 5.77. The van der Waals surface area contributed by atoms with Gasteiger partial charge in [-0.1, -0.05) is 0 Å². The monoisotopic (exact) mass is 157 g/mol. The van der Waals surface area contributed by atoms with Crippen LogP contribution in [-0.4, -0.2) is 37.1 Å². The molecule has 1 aliphatic rings. The lowest BCUT2D eigenvalue weighted by Crippen LogP contribution is -2.31. The van der Waals surface area contributed by atoms with Gasteiger partial charge in [0.1, 0.15) is 6.61 Å². The molecule has 11 heavy (non-hydrogen) atoms. The van der Waals surface area contributed by atoms with Crippen molar-refractivity contribution in [1.29, 1.82) is 0 Å². The van der Waals surface area contributed by atoms with E-state index in [1.165, 1.54) is 0 Å². The van der Waals surface area contributed by atoms with Crippen LogP contribution in [0.1, 0.15) is 19.8 Å². The summed E-state index contributed by atoms with van der Waals surface area (Å²) < 4.78 is 5.02. The fraction of sp³-hybridized carbons (Fsp3) is 0.875. The zero-order chi connectivity index (χ0) is 8.10. The average Bonchev–Trinajstić information content (AvgIpc) is 2.52. The van der Waals surface area contributed by atoms with E-state index in [1.807, 2.05) is 11.8 Å². The van der Waals surface area contributed by atoms with Gasteiger partial charge in [0, 0.05) is 19.7 Å². The normalized spacial score (nSPS) is 17.4. The summed E-state index contributed by atoms with van der Waals surface area (Å²) in [5, 5.41) is 0. The standard InChI is InChI=1S/C8H15NO2/c1-2-11-7-8(10)9-5-3-4-6-9/h2-7H2,1H3. The Bertz CT molecular complexity index is 130. The van der Waals surface area contributed by atoms with Gasteiger partial charge in [0.25, 0.3) is 0 Å². The van der Waals surface area contributed by atoms with E-state index in [9.17, 15) is 4.79 Å². The third-order valence-electron chi connectivity index (χ3n) is 1.89. The highest BCUT2D eigenvalue weighted by Crippen LogP contribution is 2.06. The van der Waals surface area contributed by atoms with E-state index in [1.54, 1.807) is 0 Å². The average molecular weight is 157 g/mol. The van der Waals surface area contributed by atoms with E-state index in [4.69, 9.17) is 4.74 Å². The number of ether oxygens (including phenoxy) is 1. The first-order valence-electron chi connectivity index (χ1n) is 4.20. The minimum Gasteiger partial charge on any atom is -0.372 e. The molecule has 64 valence electrons. The van der Waals surface area contributed by atoms with Crippen LogP contribution in [0.2, 0.25) is 0 Å². The van der Waals surface area contributed by atoms with Gasteiger partial charge in [0.15, 0.2) is 0 Å².